The molecule has 26 heavy (non-hydrogen) atoms. The molecule has 3 N–H and O–H groups in total. The van der Waals surface area contributed by atoms with Crippen LogP contribution in [-0.4, -0.2) is 17.2 Å². The molecule has 0 radical (unpaired) electrons. The number of fused-ring (bicyclic) bond motifs is 3. The first-order valence-corrected chi connectivity index (χ1v) is 8.14. The van der Waals surface area contributed by atoms with Crippen LogP contribution < -0.4 is 5.73 Å². The van der Waals surface area contributed by atoms with Gasteiger partial charge in [-0.1, -0.05) is 42.5 Å². The van der Waals surface area contributed by atoms with Crippen LogP contribution in [0, 0.1) is 5.82 Å². The summed E-state index contributed by atoms with van der Waals surface area (Å²) in [5, 5.41) is 1.66. The smallest absolute Gasteiger partial charge is 0.221 e. The highest BCUT2D eigenvalue weighted by atomic mass is 19.1. The van der Waals surface area contributed by atoms with Crippen LogP contribution >= 0.6 is 0 Å². The lowest BCUT2D eigenvalue weighted by Gasteiger charge is -2.09. The van der Waals surface area contributed by atoms with Gasteiger partial charge in [0.15, 0.2) is 0 Å². The van der Waals surface area contributed by atoms with E-state index in [1.54, 1.807) is 42.5 Å². The summed E-state index contributed by atoms with van der Waals surface area (Å²) in [6, 6.07) is 15.4. The van der Waals surface area contributed by atoms with E-state index in [0.29, 0.717) is 11.1 Å². The number of hydrogen-bond donors (Lipinski definition) is 2. The summed E-state index contributed by atoms with van der Waals surface area (Å²) in [6.07, 6.45) is 0.842. The average Bonchev–Trinajstić information content (AvgIpc) is 3.01. The van der Waals surface area contributed by atoms with Crippen LogP contribution in [0.1, 0.15) is 15.9 Å². The van der Waals surface area contributed by atoms with Gasteiger partial charge in [-0.25, -0.2) is 4.39 Å². The normalized spacial score (nSPS) is 11.1. The Labute approximate surface area is 148 Å². The van der Waals surface area contributed by atoms with Gasteiger partial charge in [0.25, 0.3) is 0 Å². The SMILES string of the molecule is NC(=O)Cc1ccc(-c2ccccc2F)c2c1[nH]c1cc(C=O)ccc12. The Morgan fingerprint density at radius 3 is 2.62 bits per heavy atom. The van der Waals surface area contributed by atoms with Crippen LogP contribution in [0.5, 0.6) is 0 Å². The van der Waals surface area contributed by atoms with Crippen molar-refractivity contribution in [2.24, 2.45) is 5.73 Å². The summed E-state index contributed by atoms with van der Waals surface area (Å²) in [5.74, 6) is -0.771. The van der Waals surface area contributed by atoms with E-state index in [4.69, 9.17) is 5.73 Å². The molecule has 0 aliphatic carbocycles. The van der Waals surface area contributed by atoms with Crippen molar-refractivity contribution in [1.29, 1.82) is 0 Å². The van der Waals surface area contributed by atoms with E-state index in [2.05, 4.69) is 4.98 Å². The Hall–Kier alpha value is -3.47. The van der Waals surface area contributed by atoms with Gasteiger partial charge >= 0.3 is 0 Å². The van der Waals surface area contributed by atoms with Crippen molar-refractivity contribution in [3.8, 4) is 11.1 Å². The lowest BCUT2D eigenvalue weighted by Crippen LogP contribution is -2.13. The van der Waals surface area contributed by atoms with Crippen molar-refractivity contribution in [2.45, 2.75) is 6.42 Å². The molecule has 3 aromatic carbocycles. The van der Waals surface area contributed by atoms with Crippen LogP contribution in [0.4, 0.5) is 4.39 Å². The van der Waals surface area contributed by atoms with Crippen molar-refractivity contribution >= 4 is 34.0 Å². The fourth-order valence-corrected chi connectivity index (χ4v) is 3.40. The Morgan fingerprint density at radius 1 is 1.08 bits per heavy atom. The summed E-state index contributed by atoms with van der Waals surface area (Å²) < 4.78 is 14.4. The first-order valence-electron chi connectivity index (χ1n) is 8.14. The minimum absolute atomic E-state index is 0.0708. The Morgan fingerprint density at radius 2 is 1.88 bits per heavy atom. The number of halogens is 1. The maximum atomic E-state index is 14.4. The quantitative estimate of drug-likeness (QED) is 0.549. The fraction of sp³-hybridized carbons (Fsp3) is 0.0476. The van der Waals surface area contributed by atoms with Gasteiger partial charge in [0.2, 0.25) is 5.91 Å². The zero-order chi connectivity index (χ0) is 18.3. The predicted octanol–water partition coefficient (Wildman–Crippen LogP) is 3.97. The summed E-state index contributed by atoms with van der Waals surface area (Å²) in [7, 11) is 0. The molecule has 0 fully saturated rings. The number of aromatic nitrogens is 1. The van der Waals surface area contributed by atoms with Gasteiger partial charge in [-0.3, -0.25) is 9.59 Å². The number of H-pyrrole nitrogens is 1. The molecular weight excluding hydrogens is 331 g/mol. The van der Waals surface area contributed by atoms with Crippen molar-refractivity contribution < 1.29 is 14.0 Å². The molecular formula is C21H15FN2O2. The monoisotopic (exact) mass is 346 g/mol. The molecule has 1 heterocycles. The van der Waals surface area contributed by atoms with Crippen LogP contribution in [0.15, 0.2) is 54.6 Å². The van der Waals surface area contributed by atoms with Crippen molar-refractivity contribution in [3.63, 3.8) is 0 Å². The minimum atomic E-state index is -0.447. The second-order valence-electron chi connectivity index (χ2n) is 6.19. The van der Waals surface area contributed by atoms with Crippen molar-refractivity contribution in [3.05, 3.63) is 71.5 Å². The van der Waals surface area contributed by atoms with Crippen molar-refractivity contribution in [1.82, 2.24) is 4.98 Å². The van der Waals surface area contributed by atoms with Crippen molar-refractivity contribution in [2.75, 3.05) is 0 Å². The van der Waals surface area contributed by atoms with Gasteiger partial charge < -0.3 is 10.7 Å². The largest absolute Gasteiger partial charge is 0.369 e. The highest BCUT2D eigenvalue weighted by Crippen LogP contribution is 2.37. The number of nitrogens with one attached hydrogen (secondary N) is 1. The standard InChI is InChI=1S/C21H15FN2O2/c22-17-4-2-1-3-14(17)15-8-6-13(10-19(23)26)21-20(15)16-7-5-12(11-25)9-18(16)24-21/h1-9,11,24H,10H2,(H2,23,26). The van der Waals surface area contributed by atoms with Gasteiger partial charge in [0.1, 0.15) is 12.1 Å². The molecule has 0 spiro atoms. The van der Waals surface area contributed by atoms with Gasteiger partial charge in [0, 0.05) is 27.4 Å². The number of primary amides is 1. The lowest BCUT2D eigenvalue weighted by molar-refractivity contribution is -0.117. The number of carbonyl (C=O) groups excluding carboxylic acids is 2. The van der Waals surface area contributed by atoms with E-state index >= 15 is 0 Å². The molecule has 0 aliphatic heterocycles. The Balaban J connectivity index is 2.12. The average molecular weight is 346 g/mol. The first-order chi connectivity index (χ1) is 12.6. The van der Waals surface area contributed by atoms with Crippen LogP contribution in [0.2, 0.25) is 0 Å². The molecule has 1 aromatic heterocycles. The third kappa shape index (κ3) is 2.54. The van der Waals surface area contributed by atoms with E-state index < -0.39 is 5.91 Å². The molecule has 0 saturated heterocycles. The molecule has 0 bridgehead atoms. The van der Waals surface area contributed by atoms with Crippen LogP contribution in [0.3, 0.4) is 0 Å². The van der Waals surface area contributed by atoms with E-state index in [0.717, 1.165) is 39.2 Å². The van der Waals surface area contributed by atoms with Crippen LogP contribution in [0.25, 0.3) is 32.9 Å². The minimum Gasteiger partial charge on any atom is -0.369 e. The van der Waals surface area contributed by atoms with Gasteiger partial charge in [-0.05, 0) is 23.3 Å². The number of amides is 1. The molecule has 4 aromatic rings. The Kier molecular flexibility index (Phi) is 3.77. The molecule has 128 valence electrons. The number of nitrogens with two attached hydrogens (primary N) is 1. The molecule has 4 nitrogen and oxygen atoms in total. The van der Waals surface area contributed by atoms with E-state index in [1.165, 1.54) is 6.07 Å². The van der Waals surface area contributed by atoms with Gasteiger partial charge in [0.05, 0.1) is 11.9 Å². The first kappa shape index (κ1) is 16.0. The molecule has 5 heteroatoms. The van der Waals surface area contributed by atoms with Gasteiger partial charge in [-0.15, -0.1) is 0 Å². The molecule has 0 aliphatic rings. The second kappa shape index (κ2) is 6.11. The number of rotatable bonds is 4. The Bertz CT molecular complexity index is 1180. The summed E-state index contributed by atoms with van der Waals surface area (Å²) in [5.41, 5.74) is 9.31. The highest BCUT2D eigenvalue weighted by molar-refractivity contribution is 6.16. The molecule has 4 rings (SSSR count). The maximum Gasteiger partial charge on any atom is 0.221 e. The molecule has 0 atom stereocenters. The zero-order valence-corrected chi connectivity index (χ0v) is 13.8. The number of aldehydes is 1. The third-order valence-electron chi connectivity index (χ3n) is 4.53. The fourth-order valence-electron chi connectivity index (χ4n) is 3.40. The summed E-state index contributed by atoms with van der Waals surface area (Å²) in [4.78, 5) is 25.8. The van der Waals surface area contributed by atoms with E-state index in [1.807, 2.05) is 6.07 Å². The third-order valence-corrected chi connectivity index (χ3v) is 4.53. The number of benzene rings is 3. The summed E-state index contributed by atoms with van der Waals surface area (Å²) in [6.45, 7) is 0. The number of hydrogen-bond acceptors (Lipinski definition) is 2. The lowest BCUT2D eigenvalue weighted by atomic mass is 9.95. The molecule has 0 unspecified atom stereocenters. The number of carbonyl (C=O) groups is 2. The van der Waals surface area contributed by atoms with E-state index in [-0.39, 0.29) is 12.2 Å². The van der Waals surface area contributed by atoms with Crippen LogP contribution in [-0.2, 0) is 11.2 Å². The topological polar surface area (TPSA) is 76.0 Å². The van der Waals surface area contributed by atoms with E-state index in [9.17, 15) is 14.0 Å². The maximum absolute atomic E-state index is 14.4. The zero-order valence-electron chi connectivity index (χ0n) is 13.8. The molecule has 0 saturated carbocycles. The molecule has 1 amide bonds. The second-order valence-corrected chi connectivity index (χ2v) is 6.19. The number of aromatic amines is 1. The predicted molar refractivity (Wildman–Crippen MR) is 99.5 cm³/mol. The highest BCUT2D eigenvalue weighted by Gasteiger charge is 2.17. The van der Waals surface area contributed by atoms with Gasteiger partial charge in [-0.2, -0.15) is 0 Å². The summed E-state index contributed by atoms with van der Waals surface area (Å²) >= 11 is 0.